The fourth-order valence-corrected chi connectivity index (χ4v) is 1.59. The number of hydrogen-bond donors (Lipinski definition) is 2. The van der Waals surface area contributed by atoms with Gasteiger partial charge in [-0.05, 0) is 26.0 Å². The first-order valence-electron chi connectivity index (χ1n) is 5.17. The minimum atomic E-state index is -0.280. The van der Waals surface area contributed by atoms with Crippen LogP contribution in [0.4, 0.5) is 0 Å². The van der Waals surface area contributed by atoms with Gasteiger partial charge < -0.3 is 15.2 Å². The Morgan fingerprint density at radius 2 is 2.12 bits per heavy atom. The molecule has 16 heavy (non-hydrogen) atoms. The smallest absolute Gasteiger partial charge is 0.124 e. The predicted molar refractivity (Wildman–Crippen MR) is 68.7 cm³/mol. The first kappa shape index (κ1) is 13.5. The molecule has 0 aliphatic rings. The number of ether oxygens (including phenoxy) is 1. The van der Waals surface area contributed by atoms with Gasteiger partial charge in [0.2, 0.25) is 0 Å². The molecule has 0 heterocycles. The summed E-state index contributed by atoms with van der Waals surface area (Å²) in [5, 5.41) is 12.4. The van der Waals surface area contributed by atoms with Crippen molar-refractivity contribution >= 4 is 15.9 Å². The maximum absolute atomic E-state index is 9.14. The van der Waals surface area contributed by atoms with Crippen LogP contribution in [0.2, 0.25) is 0 Å². The van der Waals surface area contributed by atoms with Gasteiger partial charge >= 0.3 is 0 Å². The van der Waals surface area contributed by atoms with E-state index in [1.165, 1.54) is 0 Å². The van der Waals surface area contributed by atoms with Gasteiger partial charge in [0.05, 0.1) is 13.7 Å². The number of methoxy groups -OCH3 is 1. The normalized spacial score (nSPS) is 11.6. The third-order valence-electron chi connectivity index (χ3n) is 2.40. The highest BCUT2D eigenvalue weighted by Gasteiger charge is 2.15. The Kier molecular flexibility index (Phi) is 4.77. The molecule has 0 aromatic heterocycles. The second-order valence-electron chi connectivity index (χ2n) is 4.35. The number of aliphatic hydroxyl groups is 1. The third kappa shape index (κ3) is 3.77. The lowest BCUT2D eigenvalue weighted by atomic mass is 10.1. The van der Waals surface area contributed by atoms with Gasteiger partial charge in [0.25, 0.3) is 0 Å². The van der Waals surface area contributed by atoms with Crippen molar-refractivity contribution in [1.29, 1.82) is 0 Å². The van der Waals surface area contributed by atoms with Crippen molar-refractivity contribution in [1.82, 2.24) is 5.32 Å². The zero-order valence-electron chi connectivity index (χ0n) is 9.88. The van der Waals surface area contributed by atoms with Gasteiger partial charge in [-0.25, -0.2) is 0 Å². The Labute approximate surface area is 105 Å². The van der Waals surface area contributed by atoms with Crippen LogP contribution in [0.15, 0.2) is 22.7 Å². The lowest BCUT2D eigenvalue weighted by molar-refractivity contribution is 0.187. The van der Waals surface area contributed by atoms with Crippen molar-refractivity contribution < 1.29 is 9.84 Å². The van der Waals surface area contributed by atoms with Gasteiger partial charge in [-0.1, -0.05) is 22.0 Å². The lowest BCUT2D eigenvalue weighted by Gasteiger charge is -2.24. The molecule has 0 saturated heterocycles. The van der Waals surface area contributed by atoms with E-state index in [1.807, 2.05) is 32.0 Å². The number of halogens is 1. The highest BCUT2D eigenvalue weighted by Crippen LogP contribution is 2.23. The second-order valence-corrected chi connectivity index (χ2v) is 5.27. The molecule has 2 N–H and O–H groups in total. The van der Waals surface area contributed by atoms with Crippen LogP contribution in [0.25, 0.3) is 0 Å². The largest absolute Gasteiger partial charge is 0.496 e. The quantitative estimate of drug-likeness (QED) is 0.873. The van der Waals surface area contributed by atoms with Crippen molar-refractivity contribution in [2.45, 2.75) is 25.9 Å². The fourth-order valence-electron chi connectivity index (χ4n) is 1.25. The van der Waals surface area contributed by atoms with E-state index in [0.29, 0.717) is 6.54 Å². The fraction of sp³-hybridized carbons (Fsp3) is 0.500. The summed E-state index contributed by atoms with van der Waals surface area (Å²) < 4.78 is 6.29. The number of aliphatic hydroxyl groups excluding tert-OH is 1. The topological polar surface area (TPSA) is 41.5 Å². The van der Waals surface area contributed by atoms with Crippen LogP contribution in [0.5, 0.6) is 5.75 Å². The number of hydrogen-bond acceptors (Lipinski definition) is 3. The van der Waals surface area contributed by atoms with Crippen LogP contribution in [0, 0.1) is 0 Å². The summed E-state index contributed by atoms with van der Waals surface area (Å²) in [5.41, 5.74) is 0.796. The Morgan fingerprint density at radius 3 is 2.69 bits per heavy atom. The molecule has 0 fully saturated rings. The summed E-state index contributed by atoms with van der Waals surface area (Å²) in [6.07, 6.45) is 0. The Bertz CT molecular complexity index is 353. The average molecular weight is 288 g/mol. The molecular formula is C12H18BrNO2. The van der Waals surface area contributed by atoms with Crippen LogP contribution >= 0.6 is 15.9 Å². The maximum atomic E-state index is 9.14. The van der Waals surface area contributed by atoms with E-state index in [4.69, 9.17) is 9.84 Å². The van der Waals surface area contributed by atoms with E-state index in [9.17, 15) is 0 Å². The lowest BCUT2D eigenvalue weighted by Crippen LogP contribution is -2.42. The molecule has 1 aromatic rings. The average Bonchev–Trinajstić information content (AvgIpc) is 2.27. The maximum Gasteiger partial charge on any atom is 0.124 e. The van der Waals surface area contributed by atoms with Crippen molar-refractivity contribution in [3.63, 3.8) is 0 Å². The van der Waals surface area contributed by atoms with Gasteiger partial charge in [0.15, 0.2) is 0 Å². The van der Waals surface area contributed by atoms with Crippen LogP contribution in [-0.2, 0) is 6.54 Å². The van der Waals surface area contributed by atoms with Gasteiger partial charge in [-0.2, -0.15) is 0 Å². The first-order valence-corrected chi connectivity index (χ1v) is 5.96. The molecule has 1 aromatic carbocycles. The SMILES string of the molecule is COc1cc(Br)ccc1CNC(C)(C)CO. The zero-order valence-corrected chi connectivity index (χ0v) is 11.5. The molecule has 0 radical (unpaired) electrons. The summed E-state index contributed by atoms with van der Waals surface area (Å²) in [5.74, 6) is 0.843. The molecule has 0 atom stereocenters. The molecule has 0 unspecified atom stereocenters. The summed E-state index contributed by atoms with van der Waals surface area (Å²) in [4.78, 5) is 0. The molecule has 90 valence electrons. The van der Waals surface area contributed by atoms with Crippen LogP contribution < -0.4 is 10.1 Å². The van der Waals surface area contributed by atoms with Gasteiger partial charge in [0, 0.05) is 22.1 Å². The van der Waals surface area contributed by atoms with Crippen molar-refractivity contribution in [2.75, 3.05) is 13.7 Å². The number of benzene rings is 1. The van der Waals surface area contributed by atoms with E-state index in [2.05, 4.69) is 21.2 Å². The Morgan fingerprint density at radius 1 is 1.44 bits per heavy atom. The molecule has 4 heteroatoms. The third-order valence-corrected chi connectivity index (χ3v) is 2.90. The second kappa shape index (κ2) is 5.66. The molecule has 1 rings (SSSR count). The van der Waals surface area contributed by atoms with E-state index in [0.717, 1.165) is 15.8 Å². The van der Waals surface area contributed by atoms with E-state index >= 15 is 0 Å². The van der Waals surface area contributed by atoms with Crippen LogP contribution in [0.3, 0.4) is 0 Å². The molecule has 3 nitrogen and oxygen atoms in total. The van der Waals surface area contributed by atoms with E-state index in [1.54, 1.807) is 7.11 Å². The molecule has 0 spiro atoms. The van der Waals surface area contributed by atoms with Crippen molar-refractivity contribution in [3.05, 3.63) is 28.2 Å². The predicted octanol–water partition coefficient (Wildman–Crippen LogP) is 2.32. The minimum Gasteiger partial charge on any atom is -0.496 e. The van der Waals surface area contributed by atoms with Crippen LogP contribution in [0.1, 0.15) is 19.4 Å². The Balaban J connectivity index is 2.74. The van der Waals surface area contributed by atoms with Crippen molar-refractivity contribution in [3.8, 4) is 5.75 Å². The minimum absolute atomic E-state index is 0.103. The number of nitrogens with one attached hydrogen (secondary N) is 1. The number of rotatable bonds is 5. The molecule has 0 bridgehead atoms. The van der Waals surface area contributed by atoms with Gasteiger partial charge in [-0.3, -0.25) is 0 Å². The molecular weight excluding hydrogens is 270 g/mol. The Hall–Kier alpha value is -0.580. The highest BCUT2D eigenvalue weighted by molar-refractivity contribution is 9.10. The van der Waals surface area contributed by atoms with Crippen molar-refractivity contribution in [2.24, 2.45) is 0 Å². The monoisotopic (exact) mass is 287 g/mol. The molecule has 0 amide bonds. The highest BCUT2D eigenvalue weighted by atomic mass is 79.9. The zero-order chi connectivity index (χ0) is 12.2. The van der Waals surface area contributed by atoms with E-state index < -0.39 is 0 Å². The summed E-state index contributed by atoms with van der Waals surface area (Å²) >= 11 is 3.40. The molecule has 0 saturated carbocycles. The summed E-state index contributed by atoms with van der Waals surface area (Å²) in [6.45, 7) is 4.69. The summed E-state index contributed by atoms with van der Waals surface area (Å²) in [7, 11) is 1.66. The summed E-state index contributed by atoms with van der Waals surface area (Å²) in [6, 6.07) is 5.91. The first-order chi connectivity index (χ1) is 7.48. The van der Waals surface area contributed by atoms with Crippen LogP contribution in [-0.4, -0.2) is 24.4 Å². The van der Waals surface area contributed by atoms with Gasteiger partial charge in [0.1, 0.15) is 5.75 Å². The molecule has 0 aliphatic heterocycles. The van der Waals surface area contributed by atoms with E-state index in [-0.39, 0.29) is 12.1 Å². The van der Waals surface area contributed by atoms with Gasteiger partial charge in [-0.15, -0.1) is 0 Å². The standard InChI is InChI=1S/C12H18BrNO2/c1-12(2,8-15)14-7-9-4-5-10(13)6-11(9)16-3/h4-6,14-15H,7-8H2,1-3H3. The molecule has 0 aliphatic carbocycles.